The molecule has 2 amide bonds. The van der Waals surface area contributed by atoms with Crippen LogP contribution < -0.4 is 16.2 Å². The number of benzene rings is 1. The van der Waals surface area contributed by atoms with Gasteiger partial charge in [-0.3, -0.25) is 19.1 Å². The topological polar surface area (TPSA) is 98.0 Å². The number of nitrogens with zero attached hydrogens (tertiary/aromatic N) is 3. The second-order valence-corrected chi connectivity index (χ2v) is 6.47. The molecule has 2 heterocycles. The fraction of sp³-hybridized carbons (Fsp3) is 0.200. The molecule has 0 aliphatic heterocycles. The van der Waals surface area contributed by atoms with Crippen molar-refractivity contribution in [1.29, 1.82) is 0 Å². The maximum Gasteiger partial charge on any atom is 0.269 e. The molecule has 0 unspecified atom stereocenters. The number of aryl methyl sites for hydroxylation is 3. The number of rotatable bonds is 5. The monoisotopic (exact) mass is 379 g/mol. The molecular weight excluding hydrogens is 358 g/mol. The Kier molecular flexibility index (Phi) is 5.39. The first-order chi connectivity index (χ1) is 13.3. The van der Waals surface area contributed by atoms with E-state index in [0.717, 1.165) is 16.7 Å². The number of amides is 2. The van der Waals surface area contributed by atoms with Crippen LogP contribution in [0.15, 0.2) is 53.6 Å². The lowest BCUT2D eigenvalue weighted by molar-refractivity contribution is -0.115. The molecule has 0 aliphatic rings. The minimum absolute atomic E-state index is 0.0571. The highest BCUT2D eigenvalue weighted by Gasteiger charge is 2.11. The molecule has 3 aromatic rings. The van der Waals surface area contributed by atoms with Crippen molar-refractivity contribution in [2.24, 2.45) is 14.1 Å². The smallest absolute Gasteiger partial charge is 0.269 e. The number of carbonyl (C=O) groups is 2. The number of anilines is 1. The van der Waals surface area contributed by atoms with Gasteiger partial charge in [0.25, 0.3) is 11.5 Å². The summed E-state index contributed by atoms with van der Waals surface area (Å²) in [6, 6.07) is 10.5. The van der Waals surface area contributed by atoms with E-state index in [-0.39, 0.29) is 23.9 Å². The number of pyridine rings is 1. The van der Waals surface area contributed by atoms with Gasteiger partial charge < -0.3 is 15.2 Å². The van der Waals surface area contributed by atoms with E-state index < -0.39 is 0 Å². The first kappa shape index (κ1) is 19.1. The Morgan fingerprint density at radius 3 is 2.46 bits per heavy atom. The van der Waals surface area contributed by atoms with Crippen LogP contribution >= 0.6 is 0 Å². The highest BCUT2D eigenvalue weighted by Crippen LogP contribution is 2.23. The molecule has 28 heavy (non-hydrogen) atoms. The molecule has 8 heteroatoms. The summed E-state index contributed by atoms with van der Waals surface area (Å²) in [6.45, 7) is 1.74. The Labute approximate surface area is 161 Å². The number of nitrogens with one attached hydrogen (secondary N) is 2. The molecule has 0 aliphatic carbocycles. The van der Waals surface area contributed by atoms with Gasteiger partial charge in [-0.2, -0.15) is 5.10 Å². The zero-order valence-electron chi connectivity index (χ0n) is 15.9. The molecular formula is C20H21N5O3. The summed E-state index contributed by atoms with van der Waals surface area (Å²) in [5.74, 6) is -0.697. The zero-order chi connectivity index (χ0) is 20.3. The summed E-state index contributed by atoms with van der Waals surface area (Å²) in [4.78, 5) is 35.8. The SMILES string of the molecule is Cc1cc(=O)n(C)cc1-c1ccc(NC(=O)CNC(=O)c2ccnn2C)cc1. The van der Waals surface area contributed by atoms with E-state index in [0.29, 0.717) is 11.4 Å². The van der Waals surface area contributed by atoms with Crippen molar-refractivity contribution in [1.82, 2.24) is 19.7 Å². The summed E-state index contributed by atoms with van der Waals surface area (Å²) in [5, 5.41) is 9.22. The first-order valence-electron chi connectivity index (χ1n) is 8.69. The molecule has 0 saturated heterocycles. The third kappa shape index (κ3) is 4.17. The minimum atomic E-state index is -0.365. The normalized spacial score (nSPS) is 10.5. The molecule has 0 spiro atoms. The van der Waals surface area contributed by atoms with Crippen molar-refractivity contribution in [3.8, 4) is 11.1 Å². The number of hydrogen-bond acceptors (Lipinski definition) is 4. The number of aromatic nitrogens is 3. The lowest BCUT2D eigenvalue weighted by Gasteiger charge is -2.10. The van der Waals surface area contributed by atoms with Gasteiger partial charge in [0.15, 0.2) is 0 Å². The Bertz CT molecular complexity index is 1080. The van der Waals surface area contributed by atoms with E-state index in [9.17, 15) is 14.4 Å². The Hall–Kier alpha value is -3.68. The van der Waals surface area contributed by atoms with Crippen LogP contribution in [-0.4, -0.2) is 32.7 Å². The fourth-order valence-corrected chi connectivity index (χ4v) is 2.81. The largest absolute Gasteiger partial charge is 0.342 e. The second kappa shape index (κ2) is 7.91. The van der Waals surface area contributed by atoms with Gasteiger partial charge >= 0.3 is 0 Å². The van der Waals surface area contributed by atoms with Gasteiger partial charge in [-0.15, -0.1) is 0 Å². The average molecular weight is 379 g/mol. The third-order valence-corrected chi connectivity index (χ3v) is 4.38. The molecule has 0 fully saturated rings. The molecule has 0 radical (unpaired) electrons. The Morgan fingerprint density at radius 1 is 1.11 bits per heavy atom. The van der Waals surface area contributed by atoms with Gasteiger partial charge in [-0.25, -0.2) is 0 Å². The van der Waals surface area contributed by atoms with Gasteiger partial charge in [0.1, 0.15) is 5.69 Å². The maximum absolute atomic E-state index is 12.1. The van der Waals surface area contributed by atoms with Gasteiger partial charge in [0, 0.05) is 43.8 Å². The summed E-state index contributed by atoms with van der Waals surface area (Å²) in [5.41, 5.74) is 3.71. The number of carbonyl (C=O) groups excluding carboxylic acids is 2. The van der Waals surface area contributed by atoms with Crippen LogP contribution in [0.25, 0.3) is 11.1 Å². The Morgan fingerprint density at radius 2 is 1.82 bits per heavy atom. The lowest BCUT2D eigenvalue weighted by atomic mass is 10.0. The lowest BCUT2D eigenvalue weighted by Crippen LogP contribution is -2.33. The van der Waals surface area contributed by atoms with Gasteiger partial charge in [-0.1, -0.05) is 12.1 Å². The predicted molar refractivity (Wildman–Crippen MR) is 106 cm³/mol. The summed E-state index contributed by atoms with van der Waals surface area (Å²) in [7, 11) is 3.36. The average Bonchev–Trinajstić information content (AvgIpc) is 3.09. The van der Waals surface area contributed by atoms with Gasteiger partial charge in [-0.05, 0) is 36.2 Å². The van der Waals surface area contributed by atoms with Crippen LogP contribution in [0.4, 0.5) is 5.69 Å². The molecule has 0 atom stereocenters. The van der Waals surface area contributed by atoms with Crippen molar-refractivity contribution >= 4 is 17.5 Å². The zero-order valence-corrected chi connectivity index (χ0v) is 15.9. The van der Waals surface area contributed by atoms with Crippen LogP contribution in [0.1, 0.15) is 16.1 Å². The van der Waals surface area contributed by atoms with E-state index in [4.69, 9.17) is 0 Å². The molecule has 0 bridgehead atoms. The molecule has 3 rings (SSSR count). The van der Waals surface area contributed by atoms with Crippen molar-refractivity contribution in [2.75, 3.05) is 11.9 Å². The van der Waals surface area contributed by atoms with Crippen LogP contribution in [-0.2, 0) is 18.9 Å². The quantitative estimate of drug-likeness (QED) is 0.701. The van der Waals surface area contributed by atoms with Crippen molar-refractivity contribution < 1.29 is 9.59 Å². The van der Waals surface area contributed by atoms with Gasteiger partial charge in [0.05, 0.1) is 6.54 Å². The summed E-state index contributed by atoms with van der Waals surface area (Å²) >= 11 is 0. The summed E-state index contributed by atoms with van der Waals surface area (Å²) < 4.78 is 2.97. The highest BCUT2D eigenvalue weighted by atomic mass is 16.2. The molecule has 8 nitrogen and oxygen atoms in total. The van der Waals surface area contributed by atoms with E-state index in [1.54, 1.807) is 44.6 Å². The molecule has 1 aromatic carbocycles. The first-order valence-corrected chi connectivity index (χ1v) is 8.69. The standard InChI is InChI=1S/C20H21N5O3/c1-13-10-19(27)24(2)12-16(13)14-4-6-15(7-5-14)23-18(26)11-21-20(28)17-8-9-22-25(17)3/h4-10,12H,11H2,1-3H3,(H,21,28)(H,23,26). The van der Waals surface area contributed by atoms with E-state index in [2.05, 4.69) is 15.7 Å². The van der Waals surface area contributed by atoms with Crippen molar-refractivity contribution in [2.45, 2.75) is 6.92 Å². The maximum atomic E-state index is 12.1. The minimum Gasteiger partial charge on any atom is -0.342 e. The Balaban J connectivity index is 1.62. The summed E-state index contributed by atoms with van der Waals surface area (Å²) in [6.07, 6.45) is 3.31. The molecule has 144 valence electrons. The number of hydrogen-bond donors (Lipinski definition) is 2. The fourth-order valence-electron chi connectivity index (χ4n) is 2.81. The van der Waals surface area contributed by atoms with Crippen LogP contribution in [0.2, 0.25) is 0 Å². The highest BCUT2D eigenvalue weighted by molar-refractivity contribution is 5.98. The predicted octanol–water partition coefficient (Wildman–Crippen LogP) is 1.46. The van der Waals surface area contributed by atoms with Crippen molar-refractivity contribution in [3.63, 3.8) is 0 Å². The third-order valence-electron chi connectivity index (χ3n) is 4.38. The van der Waals surface area contributed by atoms with Crippen LogP contribution in [0.5, 0.6) is 0 Å². The molecule has 2 aromatic heterocycles. The van der Waals surface area contributed by atoms with E-state index in [1.165, 1.54) is 15.4 Å². The van der Waals surface area contributed by atoms with E-state index >= 15 is 0 Å². The molecule has 2 N–H and O–H groups in total. The molecule has 0 saturated carbocycles. The van der Waals surface area contributed by atoms with Crippen LogP contribution in [0.3, 0.4) is 0 Å². The van der Waals surface area contributed by atoms with Gasteiger partial charge in [0.2, 0.25) is 5.91 Å². The van der Waals surface area contributed by atoms with Crippen molar-refractivity contribution in [3.05, 3.63) is 70.4 Å². The van der Waals surface area contributed by atoms with E-state index in [1.807, 2.05) is 19.1 Å². The van der Waals surface area contributed by atoms with Crippen LogP contribution in [0, 0.1) is 6.92 Å². The second-order valence-electron chi connectivity index (χ2n) is 6.47.